The zero-order chi connectivity index (χ0) is 15.1. The Bertz CT molecular complexity index is 455. The van der Waals surface area contributed by atoms with Crippen LogP contribution in [0.25, 0.3) is 0 Å². The summed E-state index contributed by atoms with van der Waals surface area (Å²) >= 11 is 1.90. The van der Waals surface area contributed by atoms with Gasteiger partial charge in [0.1, 0.15) is 0 Å². The average molecular weight is 292 g/mol. The smallest absolute Gasteiger partial charge is 0.0482 e. The molecule has 0 fully saturated rings. The largest absolute Gasteiger partial charge is 0.398 e. The lowest BCUT2D eigenvalue weighted by Crippen LogP contribution is -2.23. The van der Waals surface area contributed by atoms with Gasteiger partial charge >= 0.3 is 0 Å². The van der Waals surface area contributed by atoms with Crippen molar-refractivity contribution in [3.63, 3.8) is 0 Å². The van der Waals surface area contributed by atoms with Crippen LogP contribution in [-0.4, -0.2) is 18.8 Å². The fraction of sp³-hybridized carbons (Fsp3) is 0.529. The number of nitrogens with two attached hydrogens (primary N) is 1. The zero-order valence-corrected chi connectivity index (χ0v) is 14.2. The van der Waals surface area contributed by atoms with E-state index >= 15 is 0 Å². The van der Waals surface area contributed by atoms with Crippen molar-refractivity contribution in [2.24, 2.45) is 5.92 Å². The fourth-order valence-electron chi connectivity index (χ4n) is 2.44. The molecule has 2 atom stereocenters. The van der Waals surface area contributed by atoms with Gasteiger partial charge in [0.15, 0.2) is 0 Å². The van der Waals surface area contributed by atoms with Gasteiger partial charge in [-0.1, -0.05) is 25.1 Å². The van der Waals surface area contributed by atoms with E-state index in [0.29, 0.717) is 11.2 Å². The Labute approximate surface area is 128 Å². The molecular weight excluding hydrogens is 264 g/mol. The van der Waals surface area contributed by atoms with Crippen LogP contribution in [0.5, 0.6) is 0 Å². The van der Waals surface area contributed by atoms with Crippen LogP contribution < -0.4 is 11.1 Å². The summed E-state index contributed by atoms with van der Waals surface area (Å²) in [6, 6.07) is 4.35. The molecule has 1 aromatic carbocycles. The van der Waals surface area contributed by atoms with Gasteiger partial charge in [0, 0.05) is 22.4 Å². The van der Waals surface area contributed by atoms with Crippen LogP contribution in [0.4, 0.5) is 5.69 Å². The van der Waals surface area contributed by atoms with Crippen molar-refractivity contribution in [1.82, 2.24) is 5.32 Å². The highest BCUT2D eigenvalue weighted by Gasteiger charge is 2.15. The molecule has 20 heavy (non-hydrogen) atoms. The molecule has 0 aromatic heterocycles. The molecule has 0 aliphatic heterocycles. The Morgan fingerprint density at radius 1 is 1.35 bits per heavy atom. The maximum absolute atomic E-state index is 6.23. The summed E-state index contributed by atoms with van der Waals surface area (Å²) in [5, 5.41) is 3.84. The third-order valence-corrected chi connectivity index (χ3v) is 4.66. The SMILES string of the molecule is C/C=C\C(C)CC(CNC)Sc1cc(C)cc(C)c1N. The maximum Gasteiger partial charge on any atom is 0.0482 e. The number of allylic oxidation sites excluding steroid dienone is 2. The van der Waals surface area contributed by atoms with Crippen molar-refractivity contribution in [3.05, 3.63) is 35.4 Å². The molecule has 112 valence electrons. The molecular formula is C17H28N2S. The summed E-state index contributed by atoms with van der Waals surface area (Å²) < 4.78 is 0. The summed E-state index contributed by atoms with van der Waals surface area (Å²) in [7, 11) is 2.01. The molecule has 3 N–H and O–H groups in total. The minimum Gasteiger partial charge on any atom is -0.398 e. The Balaban J connectivity index is 2.84. The molecule has 0 spiro atoms. The van der Waals surface area contributed by atoms with Crippen molar-refractivity contribution in [2.45, 2.75) is 44.3 Å². The minimum absolute atomic E-state index is 0.537. The number of hydrogen-bond donors (Lipinski definition) is 2. The quantitative estimate of drug-likeness (QED) is 0.450. The van der Waals surface area contributed by atoms with E-state index in [4.69, 9.17) is 5.73 Å². The third-order valence-electron chi connectivity index (χ3n) is 3.37. The first kappa shape index (κ1) is 17.1. The van der Waals surface area contributed by atoms with Gasteiger partial charge in [0.05, 0.1) is 0 Å². The van der Waals surface area contributed by atoms with Gasteiger partial charge in [-0.2, -0.15) is 0 Å². The highest BCUT2D eigenvalue weighted by Crippen LogP contribution is 2.34. The van der Waals surface area contributed by atoms with E-state index in [-0.39, 0.29) is 0 Å². The first-order chi connectivity index (χ1) is 9.47. The van der Waals surface area contributed by atoms with Gasteiger partial charge in [-0.15, -0.1) is 11.8 Å². The summed E-state index contributed by atoms with van der Waals surface area (Å²) in [4.78, 5) is 1.22. The third kappa shape index (κ3) is 5.22. The predicted octanol–water partition coefficient (Wildman–Crippen LogP) is 4.17. The average Bonchev–Trinajstić information content (AvgIpc) is 2.35. The lowest BCUT2D eigenvalue weighted by Gasteiger charge is -2.20. The molecule has 2 unspecified atom stereocenters. The van der Waals surface area contributed by atoms with Crippen LogP contribution in [0.2, 0.25) is 0 Å². The Morgan fingerprint density at radius 2 is 2.05 bits per heavy atom. The van der Waals surface area contributed by atoms with E-state index in [0.717, 1.165) is 18.7 Å². The van der Waals surface area contributed by atoms with Crippen molar-refractivity contribution < 1.29 is 0 Å². The van der Waals surface area contributed by atoms with Gasteiger partial charge in [0.25, 0.3) is 0 Å². The molecule has 2 nitrogen and oxygen atoms in total. The monoisotopic (exact) mass is 292 g/mol. The fourth-order valence-corrected chi connectivity index (χ4v) is 3.99. The van der Waals surface area contributed by atoms with Crippen LogP contribution in [0.1, 0.15) is 31.4 Å². The van der Waals surface area contributed by atoms with Crippen molar-refractivity contribution in [2.75, 3.05) is 19.3 Å². The second-order valence-electron chi connectivity index (χ2n) is 5.53. The predicted molar refractivity (Wildman–Crippen MR) is 92.5 cm³/mol. The van der Waals surface area contributed by atoms with E-state index < -0.39 is 0 Å². The van der Waals surface area contributed by atoms with E-state index in [1.807, 2.05) is 18.8 Å². The second-order valence-corrected chi connectivity index (χ2v) is 6.87. The summed E-state index contributed by atoms with van der Waals surface area (Å²) in [6.45, 7) is 9.57. The standard InChI is InChI=1S/C17H28N2S/c1-6-7-12(2)9-15(11-19-5)20-16-10-13(3)8-14(4)17(16)18/h6-8,10,12,15,19H,9,11,18H2,1-5H3/b7-6-. The number of nitrogen functional groups attached to an aromatic ring is 1. The number of rotatable bonds is 7. The van der Waals surface area contributed by atoms with Gasteiger partial charge in [-0.25, -0.2) is 0 Å². The lowest BCUT2D eigenvalue weighted by molar-refractivity contribution is 0.597. The number of thioether (sulfide) groups is 1. The first-order valence-corrected chi connectivity index (χ1v) is 8.16. The number of benzene rings is 1. The van der Waals surface area contributed by atoms with E-state index in [1.165, 1.54) is 16.0 Å². The minimum atomic E-state index is 0.537. The molecule has 3 heteroatoms. The number of aryl methyl sites for hydroxylation is 2. The van der Waals surface area contributed by atoms with E-state index in [1.54, 1.807) is 0 Å². The summed E-state index contributed by atoms with van der Waals surface area (Å²) in [6.07, 6.45) is 5.56. The highest BCUT2D eigenvalue weighted by molar-refractivity contribution is 8.00. The van der Waals surface area contributed by atoms with Crippen LogP contribution in [-0.2, 0) is 0 Å². The zero-order valence-electron chi connectivity index (χ0n) is 13.4. The molecule has 0 saturated heterocycles. The van der Waals surface area contributed by atoms with Crippen molar-refractivity contribution >= 4 is 17.4 Å². The Hall–Kier alpha value is -0.930. The molecule has 0 aliphatic carbocycles. The van der Waals surface area contributed by atoms with Crippen LogP contribution in [0.15, 0.2) is 29.2 Å². The van der Waals surface area contributed by atoms with Gasteiger partial charge in [-0.05, 0) is 57.4 Å². The molecule has 0 heterocycles. The molecule has 1 rings (SSSR count). The first-order valence-electron chi connectivity index (χ1n) is 7.28. The van der Waals surface area contributed by atoms with E-state index in [2.05, 4.69) is 57.3 Å². The van der Waals surface area contributed by atoms with Crippen LogP contribution in [0.3, 0.4) is 0 Å². The molecule has 1 aromatic rings. The maximum atomic E-state index is 6.23. The van der Waals surface area contributed by atoms with E-state index in [9.17, 15) is 0 Å². The summed E-state index contributed by atoms with van der Waals surface area (Å²) in [5.41, 5.74) is 9.62. The number of nitrogens with one attached hydrogen (secondary N) is 1. The van der Waals surface area contributed by atoms with Crippen LogP contribution in [0, 0.1) is 19.8 Å². The van der Waals surface area contributed by atoms with Gasteiger partial charge in [0.2, 0.25) is 0 Å². The normalized spacial score (nSPS) is 14.7. The van der Waals surface area contributed by atoms with Crippen LogP contribution >= 0.6 is 11.8 Å². The molecule has 0 aliphatic rings. The molecule has 0 bridgehead atoms. The Morgan fingerprint density at radius 3 is 2.65 bits per heavy atom. The van der Waals surface area contributed by atoms with Gasteiger partial charge < -0.3 is 11.1 Å². The second kappa shape index (κ2) is 8.38. The lowest BCUT2D eigenvalue weighted by atomic mass is 10.1. The topological polar surface area (TPSA) is 38.0 Å². The Kier molecular flexibility index (Phi) is 7.17. The highest BCUT2D eigenvalue weighted by atomic mass is 32.2. The summed E-state index contributed by atoms with van der Waals surface area (Å²) in [5.74, 6) is 0.595. The molecule has 0 radical (unpaired) electrons. The van der Waals surface area contributed by atoms with Crippen molar-refractivity contribution in [3.8, 4) is 0 Å². The number of anilines is 1. The number of hydrogen-bond acceptors (Lipinski definition) is 3. The molecule has 0 amide bonds. The molecule has 0 saturated carbocycles. The van der Waals surface area contributed by atoms with Crippen molar-refractivity contribution in [1.29, 1.82) is 0 Å². The van der Waals surface area contributed by atoms with Gasteiger partial charge in [-0.3, -0.25) is 0 Å².